The topological polar surface area (TPSA) is 17.1 Å². The Hall–Kier alpha value is -1.06. The lowest BCUT2D eigenvalue weighted by Crippen LogP contribution is -2.00. The van der Waals surface area contributed by atoms with Gasteiger partial charge < -0.3 is 0 Å². The fourth-order valence-corrected chi connectivity index (χ4v) is 3.66. The van der Waals surface area contributed by atoms with Gasteiger partial charge in [0.15, 0.2) is 0 Å². The lowest BCUT2D eigenvalue weighted by atomic mass is 10.4. The number of rotatable bonds is 5. The van der Waals surface area contributed by atoms with Crippen molar-refractivity contribution < 1.29 is 4.21 Å². The van der Waals surface area contributed by atoms with E-state index in [1.807, 2.05) is 48.5 Å². The maximum Gasteiger partial charge on any atom is 0.0537 e. The molecule has 1 nitrogen and oxygen atoms in total. The van der Waals surface area contributed by atoms with Gasteiger partial charge in [0.05, 0.1) is 10.8 Å². The van der Waals surface area contributed by atoms with Crippen molar-refractivity contribution >= 4 is 22.6 Å². The van der Waals surface area contributed by atoms with Gasteiger partial charge in [0.1, 0.15) is 0 Å². The molecule has 1 atom stereocenters. The Bertz CT molecular complexity index is 468. The van der Waals surface area contributed by atoms with Gasteiger partial charge in [-0.2, -0.15) is 0 Å². The standard InChI is InChI=1S/C14H14OS2/c15-17(14-9-5-2-6-10-14)12-11-16-13-7-3-1-4-8-13/h1-10H,11-12H2/t17-/m0/s1. The van der Waals surface area contributed by atoms with Gasteiger partial charge in [-0.1, -0.05) is 36.4 Å². The van der Waals surface area contributed by atoms with Crippen molar-refractivity contribution in [2.24, 2.45) is 0 Å². The van der Waals surface area contributed by atoms with Crippen LogP contribution in [0.2, 0.25) is 0 Å². The number of thioether (sulfide) groups is 1. The molecule has 0 fully saturated rings. The van der Waals surface area contributed by atoms with E-state index in [-0.39, 0.29) is 0 Å². The van der Waals surface area contributed by atoms with E-state index in [0.717, 1.165) is 10.6 Å². The summed E-state index contributed by atoms with van der Waals surface area (Å²) in [6, 6.07) is 19.9. The highest BCUT2D eigenvalue weighted by Crippen LogP contribution is 2.17. The molecule has 0 amide bonds. The Balaban J connectivity index is 1.82. The molecule has 0 bridgehead atoms. The second kappa shape index (κ2) is 6.62. The average Bonchev–Trinajstić information content (AvgIpc) is 2.41. The monoisotopic (exact) mass is 262 g/mol. The van der Waals surface area contributed by atoms with Crippen LogP contribution in [0.4, 0.5) is 0 Å². The summed E-state index contributed by atoms with van der Waals surface area (Å²) in [6.45, 7) is 0. The van der Waals surface area contributed by atoms with Gasteiger partial charge in [-0.15, -0.1) is 11.8 Å². The number of hydrogen-bond donors (Lipinski definition) is 0. The van der Waals surface area contributed by atoms with Crippen molar-refractivity contribution in [1.29, 1.82) is 0 Å². The molecule has 88 valence electrons. The highest BCUT2D eigenvalue weighted by molar-refractivity contribution is 8.00. The lowest BCUT2D eigenvalue weighted by molar-refractivity contribution is 0.684. The highest BCUT2D eigenvalue weighted by Gasteiger charge is 2.02. The van der Waals surface area contributed by atoms with Crippen molar-refractivity contribution in [2.45, 2.75) is 9.79 Å². The predicted molar refractivity (Wildman–Crippen MR) is 74.9 cm³/mol. The molecular formula is C14H14OS2. The Labute approximate surface area is 109 Å². The summed E-state index contributed by atoms with van der Waals surface area (Å²) in [7, 11) is -0.878. The molecule has 0 aliphatic heterocycles. The maximum atomic E-state index is 11.9. The lowest BCUT2D eigenvalue weighted by Gasteiger charge is -2.02. The zero-order chi connectivity index (χ0) is 11.9. The minimum absolute atomic E-state index is 0.698. The van der Waals surface area contributed by atoms with Crippen LogP contribution in [-0.2, 0) is 10.8 Å². The second-order valence-corrected chi connectivity index (χ2v) is 6.26. The van der Waals surface area contributed by atoms with Crippen LogP contribution >= 0.6 is 11.8 Å². The minimum Gasteiger partial charge on any atom is -0.254 e. The Morgan fingerprint density at radius 1 is 0.882 bits per heavy atom. The predicted octanol–water partition coefficient (Wildman–Crippen LogP) is 3.59. The van der Waals surface area contributed by atoms with E-state index in [2.05, 4.69) is 12.1 Å². The van der Waals surface area contributed by atoms with Gasteiger partial charge in [0, 0.05) is 21.3 Å². The summed E-state index contributed by atoms with van der Waals surface area (Å²) in [5, 5.41) is 0. The fraction of sp³-hybridized carbons (Fsp3) is 0.143. The summed E-state index contributed by atoms with van der Waals surface area (Å²) in [6.07, 6.45) is 0. The quantitative estimate of drug-likeness (QED) is 0.766. The first-order chi connectivity index (χ1) is 8.36. The SMILES string of the molecule is O=[S@@](CCSc1ccccc1)c1ccccc1. The van der Waals surface area contributed by atoms with Crippen molar-refractivity contribution in [3.63, 3.8) is 0 Å². The maximum absolute atomic E-state index is 11.9. The molecule has 0 unspecified atom stereocenters. The van der Waals surface area contributed by atoms with Crippen LogP contribution in [0.3, 0.4) is 0 Å². The highest BCUT2D eigenvalue weighted by atomic mass is 32.2. The summed E-state index contributed by atoms with van der Waals surface area (Å²) < 4.78 is 11.9. The van der Waals surface area contributed by atoms with Gasteiger partial charge in [-0.25, -0.2) is 0 Å². The molecule has 0 N–H and O–H groups in total. The molecule has 0 saturated carbocycles. The van der Waals surface area contributed by atoms with Gasteiger partial charge in [0.2, 0.25) is 0 Å². The van der Waals surface area contributed by atoms with Crippen LogP contribution in [0.5, 0.6) is 0 Å². The van der Waals surface area contributed by atoms with E-state index < -0.39 is 10.8 Å². The third kappa shape index (κ3) is 4.02. The fourth-order valence-electron chi connectivity index (χ4n) is 1.44. The first-order valence-electron chi connectivity index (χ1n) is 5.47. The second-order valence-electron chi connectivity index (χ2n) is 3.52. The Morgan fingerprint density at radius 3 is 2.12 bits per heavy atom. The minimum atomic E-state index is -0.878. The van der Waals surface area contributed by atoms with Gasteiger partial charge in [0.25, 0.3) is 0 Å². The van der Waals surface area contributed by atoms with Gasteiger partial charge >= 0.3 is 0 Å². The summed E-state index contributed by atoms with van der Waals surface area (Å²) >= 11 is 1.75. The third-order valence-electron chi connectivity index (χ3n) is 2.29. The molecule has 0 aliphatic carbocycles. The van der Waals surface area contributed by atoms with Crippen LogP contribution in [0.25, 0.3) is 0 Å². The molecule has 0 saturated heterocycles. The van der Waals surface area contributed by atoms with Crippen LogP contribution < -0.4 is 0 Å². The summed E-state index contributed by atoms with van der Waals surface area (Å²) in [5.74, 6) is 1.58. The Morgan fingerprint density at radius 2 is 1.47 bits per heavy atom. The van der Waals surface area contributed by atoms with Crippen LogP contribution in [0, 0.1) is 0 Å². The summed E-state index contributed by atoms with van der Waals surface area (Å²) in [5.41, 5.74) is 0. The van der Waals surface area contributed by atoms with Gasteiger partial charge in [-0.3, -0.25) is 4.21 Å². The average molecular weight is 262 g/mol. The third-order valence-corrected chi connectivity index (χ3v) is 4.93. The van der Waals surface area contributed by atoms with Crippen molar-refractivity contribution in [3.8, 4) is 0 Å². The van der Waals surface area contributed by atoms with Crippen LogP contribution in [-0.4, -0.2) is 15.7 Å². The smallest absolute Gasteiger partial charge is 0.0537 e. The van der Waals surface area contributed by atoms with Gasteiger partial charge in [-0.05, 0) is 24.3 Å². The van der Waals surface area contributed by atoms with E-state index in [0.29, 0.717) is 5.75 Å². The zero-order valence-electron chi connectivity index (χ0n) is 9.41. The largest absolute Gasteiger partial charge is 0.254 e. The molecule has 0 aliphatic rings. The molecule has 2 rings (SSSR count). The normalized spacial score (nSPS) is 12.2. The van der Waals surface area contributed by atoms with E-state index in [4.69, 9.17) is 0 Å². The van der Waals surface area contributed by atoms with Crippen LogP contribution in [0.15, 0.2) is 70.5 Å². The Kier molecular flexibility index (Phi) is 4.83. The molecule has 0 radical (unpaired) electrons. The van der Waals surface area contributed by atoms with Crippen molar-refractivity contribution in [1.82, 2.24) is 0 Å². The molecule has 0 heterocycles. The molecule has 0 spiro atoms. The molecule has 3 heteroatoms. The molecule has 2 aromatic rings. The van der Waals surface area contributed by atoms with Crippen molar-refractivity contribution in [2.75, 3.05) is 11.5 Å². The molecule has 0 aromatic heterocycles. The first-order valence-corrected chi connectivity index (χ1v) is 7.78. The van der Waals surface area contributed by atoms with E-state index in [9.17, 15) is 4.21 Å². The van der Waals surface area contributed by atoms with E-state index in [1.54, 1.807) is 11.8 Å². The van der Waals surface area contributed by atoms with E-state index in [1.165, 1.54) is 4.90 Å². The number of hydrogen-bond acceptors (Lipinski definition) is 2. The van der Waals surface area contributed by atoms with E-state index >= 15 is 0 Å². The number of benzene rings is 2. The molecule has 2 aromatic carbocycles. The molecular weight excluding hydrogens is 248 g/mol. The summed E-state index contributed by atoms with van der Waals surface area (Å²) in [4.78, 5) is 2.15. The van der Waals surface area contributed by atoms with Crippen LogP contribution in [0.1, 0.15) is 0 Å². The zero-order valence-corrected chi connectivity index (χ0v) is 11.0. The molecule has 17 heavy (non-hydrogen) atoms. The van der Waals surface area contributed by atoms with Crippen molar-refractivity contribution in [3.05, 3.63) is 60.7 Å². The first kappa shape index (κ1) is 12.4.